The van der Waals surface area contributed by atoms with Gasteiger partial charge in [0.05, 0.1) is 0 Å². The number of hydrogen-bond donors (Lipinski definition) is 1. The van der Waals surface area contributed by atoms with Crippen LogP contribution < -0.4 is 0 Å². The van der Waals surface area contributed by atoms with Crippen molar-refractivity contribution in [2.45, 2.75) is 0 Å². The third-order valence-electron chi connectivity index (χ3n) is 0. The highest BCUT2D eigenvalue weighted by Crippen LogP contribution is 1.58. The van der Waals surface area contributed by atoms with Crippen LogP contribution in [0.25, 0.3) is 0 Å². The van der Waals surface area contributed by atoms with Crippen LogP contribution in [0.3, 0.4) is 0 Å². The molecule has 0 amide bonds. The Kier molecular flexibility index (Phi) is 5.18. The van der Waals surface area contributed by atoms with Gasteiger partial charge in [0.2, 0.25) is 10.4 Å². The summed E-state index contributed by atoms with van der Waals surface area (Å²) in [4.78, 5) is 8.00. The van der Waals surface area contributed by atoms with E-state index in [4.69, 9.17) is 22.3 Å². The van der Waals surface area contributed by atoms with E-state index in [0.717, 1.165) is 0 Å². The van der Waals surface area contributed by atoms with Gasteiger partial charge in [0.1, 0.15) is 6.79 Å². The van der Waals surface area contributed by atoms with Gasteiger partial charge in [-0.05, 0) is 0 Å². The second kappa shape index (κ2) is 3.72. The van der Waals surface area contributed by atoms with Crippen molar-refractivity contribution in [2.24, 2.45) is 0 Å². The fourth-order valence-corrected chi connectivity index (χ4v) is 0. The van der Waals surface area contributed by atoms with Gasteiger partial charge in [-0.25, -0.2) is 8.42 Å². The minimum Gasteiger partial charge on any atom is -0.726 e. The Hall–Kier alpha value is -0.460. The topological polar surface area (TPSA) is 94.5 Å². The van der Waals surface area contributed by atoms with Crippen LogP contribution in [0.2, 0.25) is 0 Å². The van der Waals surface area contributed by atoms with Crippen molar-refractivity contribution in [1.82, 2.24) is 0 Å². The van der Waals surface area contributed by atoms with Crippen LogP contribution in [0.15, 0.2) is 0 Å². The van der Waals surface area contributed by atoms with E-state index in [2.05, 4.69) is 0 Å². The van der Waals surface area contributed by atoms with E-state index in [1.54, 1.807) is 0 Å². The summed E-state index contributed by atoms with van der Waals surface area (Å²) >= 11 is 0. The number of rotatable bonds is 0. The zero-order valence-electron chi connectivity index (χ0n) is 4.20. The first-order valence-corrected chi connectivity index (χ1v) is 2.34. The second-order valence-corrected chi connectivity index (χ2v) is 1.28. The van der Waals surface area contributed by atoms with E-state index < -0.39 is 10.4 Å². The molecule has 0 aromatic carbocycles. The Bertz CT molecular complexity index is 106. The minimum atomic E-state index is -4.92. The van der Waals surface area contributed by atoms with Gasteiger partial charge in [-0.3, -0.25) is 4.55 Å². The van der Waals surface area contributed by atoms with Crippen LogP contribution in [0.1, 0.15) is 1.43 Å². The molecule has 0 saturated heterocycles. The molecule has 0 spiro atoms. The van der Waals surface area contributed by atoms with Crippen molar-refractivity contribution >= 4 is 17.2 Å². The molecule has 0 rings (SSSR count). The Balaban J connectivity index is -0.0000000750. The third-order valence-corrected chi connectivity index (χ3v) is 0. The fraction of sp³-hybridized carbons (Fsp3) is 0. The van der Waals surface area contributed by atoms with E-state index in [9.17, 15) is 0 Å². The summed E-state index contributed by atoms with van der Waals surface area (Å²) in [7, 11) is -4.92. The zero-order valence-corrected chi connectivity index (χ0v) is 4.01. The SMILES string of the molecule is C=O.O=S(=O)([O-])O.[H+]. The molecule has 7 heavy (non-hydrogen) atoms. The van der Waals surface area contributed by atoms with Gasteiger partial charge in [-0.1, -0.05) is 0 Å². The Morgan fingerprint density at radius 2 is 1.57 bits per heavy atom. The summed E-state index contributed by atoms with van der Waals surface area (Å²) in [6.45, 7) is 2.00. The van der Waals surface area contributed by atoms with Gasteiger partial charge in [0.25, 0.3) is 0 Å². The highest BCUT2D eigenvalue weighted by atomic mass is 32.3. The second-order valence-electron chi connectivity index (χ2n) is 0.428. The average molecular weight is 128 g/mol. The van der Waals surface area contributed by atoms with Crippen molar-refractivity contribution < 1.29 is 23.7 Å². The third kappa shape index (κ3) is 328. The molecule has 0 aliphatic rings. The highest BCUT2D eigenvalue weighted by Gasteiger charge is 1.67. The molecular formula is CH4O5S. The average Bonchev–Trinajstić information content (AvgIpc) is 1.36. The van der Waals surface area contributed by atoms with Crippen LogP contribution in [0.5, 0.6) is 0 Å². The zero-order chi connectivity index (χ0) is 6.50. The van der Waals surface area contributed by atoms with Crippen LogP contribution in [0, 0.1) is 0 Å². The van der Waals surface area contributed by atoms with E-state index >= 15 is 0 Å². The van der Waals surface area contributed by atoms with E-state index in [1.807, 2.05) is 6.79 Å². The number of hydrogen-bond acceptors (Lipinski definition) is 4. The van der Waals surface area contributed by atoms with Crippen molar-refractivity contribution in [2.75, 3.05) is 0 Å². The van der Waals surface area contributed by atoms with Crippen LogP contribution in [-0.4, -0.2) is 24.3 Å². The predicted molar refractivity (Wildman–Crippen MR) is 20.6 cm³/mol. The molecule has 44 valence electrons. The Labute approximate surface area is 42.0 Å². The lowest BCUT2D eigenvalue weighted by molar-refractivity contribution is -0.0979. The van der Waals surface area contributed by atoms with Crippen LogP contribution in [0.4, 0.5) is 0 Å². The maximum absolute atomic E-state index is 8.63. The molecule has 0 radical (unpaired) electrons. The molecule has 6 heteroatoms. The van der Waals surface area contributed by atoms with Crippen LogP contribution in [-0.2, 0) is 15.2 Å². The maximum Gasteiger partial charge on any atom is 1.00 e. The van der Waals surface area contributed by atoms with Crippen molar-refractivity contribution in [3.8, 4) is 0 Å². The normalized spacial score (nSPS) is 8.86. The standard InChI is InChI=1S/CH2O.H2O4S/c1-2;1-5(2,3)4/h1H2;(H2,1,2,3,4). The molecule has 0 unspecified atom stereocenters. The van der Waals surface area contributed by atoms with E-state index in [0.29, 0.717) is 0 Å². The lowest BCUT2D eigenvalue weighted by Gasteiger charge is -1.88. The molecule has 0 saturated carbocycles. The quantitative estimate of drug-likeness (QED) is 0.331. The van der Waals surface area contributed by atoms with Gasteiger partial charge < -0.3 is 9.35 Å². The fourth-order valence-electron chi connectivity index (χ4n) is 0. The smallest absolute Gasteiger partial charge is 0.726 e. The first-order valence-electron chi connectivity index (χ1n) is 0.971. The molecule has 0 aliphatic heterocycles. The molecule has 0 bridgehead atoms. The Morgan fingerprint density at radius 3 is 1.57 bits per heavy atom. The monoisotopic (exact) mass is 128 g/mol. The van der Waals surface area contributed by atoms with Crippen molar-refractivity contribution in [1.29, 1.82) is 0 Å². The molecule has 1 N–H and O–H groups in total. The highest BCUT2D eigenvalue weighted by molar-refractivity contribution is 7.79. The van der Waals surface area contributed by atoms with Crippen molar-refractivity contribution in [3.05, 3.63) is 0 Å². The summed E-state index contributed by atoms with van der Waals surface area (Å²) in [5.41, 5.74) is 0. The maximum atomic E-state index is 8.63. The Morgan fingerprint density at radius 1 is 1.57 bits per heavy atom. The molecule has 0 aromatic rings. The summed E-state index contributed by atoms with van der Waals surface area (Å²) in [5, 5.41) is 0. The van der Waals surface area contributed by atoms with Gasteiger partial charge in [0, 0.05) is 0 Å². The summed E-state index contributed by atoms with van der Waals surface area (Å²) in [5.74, 6) is 0. The molecule has 0 fully saturated rings. The minimum absolute atomic E-state index is 0. The van der Waals surface area contributed by atoms with E-state index in [1.165, 1.54) is 0 Å². The molecule has 5 nitrogen and oxygen atoms in total. The summed E-state index contributed by atoms with van der Waals surface area (Å²) in [6.07, 6.45) is 0. The first kappa shape index (κ1) is 9.74. The first-order chi connectivity index (χ1) is 3.00. The van der Waals surface area contributed by atoms with Gasteiger partial charge >= 0.3 is 1.43 Å². The predicted octanol–water partition coefficient (Wildman–Crippen LogP) is -1.07. The molecule has 0 heterocycles. The summed E-state index contributed by atoms with van der Waals surface area (Å²) in [6, 6.07) is 0. The van der Waals surface area contributed by atoms with E-state index in [-0.39, 0.29) is 1.43 Å². The number of carbonyl (C=O) groups excluding carboxylic acids is 1. The van der Waals surface area contributed by atoms with Gasteiger partial charge in [-0.15, -0.1) is 0 Å². The summed E-state index contributed by atoms with van der Waals surface area (Å²) < 4.78 is 32.8. The molecule has 0 aliphatic carbocycles. The van der Waals surface area contributed by atoms with Gasteiger partial charge in [0.15, 0.2) is 0 Å². The lowest BCUT2D eigenvalue weighted by atomic mass is 11.9. The number of carbonyl (C=O) groups is 1. The molecule has 0 atom stereocenters. The largest absolute Gasteiger partial charge is 1.00 e. The lowest BCUT2D eigenvalue weighted by Crippen LogP contribution is -1.90. The molecule has 0 aromatic heterocycles. The van der Waals surface area contributed by atoms with Gasteiger partial charge in [-0.2, -0.15) is 0 Å². The molecular weight excluding hydrogens is 124 g/mol. The van der Waals surface area contributed by atoms with Crippen molar-refractivity contribution in [3.63, 3.8) is 0 Å². The van der Waals surface area contributed by atoms with Crippen LogP contribution >= 0.6 is 0 Å².